The number of esters is 1. The van der Waals surface area contributed by atoms with Gasteiger partial charge in [0.2, 0.25) is 0 Å². The molecule has 0 aliphatic carbocycles. The summed E-state index contributed by atoms with van der Waals surface area (Å²) in [7, 11) is 3.05. The molecule has 0 unspecified atom stereocenters. The molecule has 0 radical (unpaired) electrons. The average molecular weight is 344 g/mol. The van der Waals surface area contributed by atoms with Crippen molar-refractivity contribution in [3.63, 3.8) is 0 Å². The Morgan fingerprint density at radius 2 is 1.68 bits per heavy atom. The third-order valence-electron chi connectivity index (χ3n) is 3.33. The summed E-state index contributed by atoms with van der Waals surface area (Å²) < 4.78 is 28.0. The first-order chi connectivity index (χ1) is 12.0. The van der Waals surface area contributed by atoms with E-state index >= 15 is 0 Å². The number of methoxy groups -OCH3 is 2. The molecule has 0 amide bonds. The third-order valence-corrected chi connectivity index (χ3v) is 3.33. The lowest BCUT2D eigenvalue weighted by Gasteiger charge is -2.07. The highest BCUT2D eigenvalue weighted by atomic mass is 19.1. The van der Waals surface area contributed by atoms with Crippen molar-refractivity contribution in [2.75, 3.05) is 20.8 Å². The molecule has 0 saturated carbocycles. The van der Waals surface area contributed by atoms with Crippen LogP contribution < -0.4 is 9.47 Å². The fraction of sp³-hybridized carbons (Fsp3) is 0.158. The minimum atomic E-state index is -0.662. The summed E-state index contributed by atoms with van der Waals surface area (Å²) in [5.41, 5.74) is 0.984. The van der Waals surface area contributed by atoms with Crippen molar-refractivity contribution in [1.82, 2.24) is 0 Å². The van der Waals surface area contributed by atoms with E-state index in [0.717, 1.165) is 0 Å². The minimum Gasteiger partial charge on any atom is -0.493 e. The zero-order valence-electron chi connectivity index (χ0n) is 13.8. The lowest BCUT2D eigenvalue weighted by atomic mass is 10.1. The molecule has 0 bridgehead atoms. The first-order valence-electron chi connectivity index (χ1n) is 7.39. The van der Waals surface area contributed by atoms with Gasteiger partial charge in [-0.15, -0.1) is 0 Å². The molecule has 0 saturated heterocycles. The second kappa shape index (κ2) is 8.63. The van der Waals surface area contributed by atoms with Crippen molar-refractivity contribution < 1.29 is 28.2 Å². The number of Topliss-reactive ketones (excluding diaryl/α,β-unsaturated/α-hetero) is 1. The van der Waals surface area contributed by atoms with Crippen LogP contribution in [0.15, 0.2) is 48.5 Å². The summed E-state index contributed by atoms with van der Waals surface area (Å²) in [6.45, 7) is -0.416. The molecule has 2 aromatic carbocycles. The predicted octanol–water partition coefficient (Wildman–Crippen LogP) is 3.28. The van der Waals surface area contributed by atoms with Gasteiger partial charge < -0.3 is 14.2 Å². The predicted molar refractivity (Wildman–Crippen MR) is 90.3 cm³/mol. The van der Waals surface area contributed by atoms with E-state index in [1.54, 1.807) is 18.2 Å². The number of hydrogen-bond donors (Lipinski definition) is 0. The lowest BCUT2D eigenvalue weighted by Crippen LogP contribution is -2.12. The lowest BCUT2D eigenvalue weighted by molar-refractivity contribution is -0.136. The Morgan fingerprint density at radius 1 is 1.00 bits per heavy atom. The van der Waals surface area contributed by atoms with Crippen LogP contribution in [0.4, 0.5) is 4.39 Å². The van der Waals surface area contributed by atoms with Gasteiger partial charge in [0.15, 0.2) is 23.9 Å². The molecule has 0 atom stereocenters. The number of ketones is 1. The van der Waals surface area contributed by atoms with Crippen LogP contribution in [0.5, 0.6) is 11.5 Å². The highest BCUT2D eigenvalue weighted by molar-refractivity contribution is 5.98. The van der Waals surface area contributed by atoms with Gasteiger partial charge in [-0.05, 0) is 48.0 Å². The van der Waals surface area contributed by atoms with Crippen molar-refractivity contribution in [3.05, 3.63) is 65.5 Å². The molecule has 0 aliphatic rings. The van der Waals surface area contributed by atoms with Crippen molar-refractivity contribution in [2.24, 2.45) is 0 Å². The minimum absolute atomic E-state index is 0.276. The number of hydrogen-bond acceptors (Lipinski definition) is 5. The molecule has 5 nitrogen and oxygen atoms in total. The second-order valence-corrected chi connectivity index (χ2v) is 4.99. The van der Waals surface area contributed by atoms with Crippen LogP contribution in [0.1, 0.15) is 15.9 Å². The zero-order valence-corrected chi connectivity index (χ0v) is 13.8. The molecule has 25 heavy (non-hydrogen) atoms. The Kier molecular flexibility index (Phi) is 6.28. The van der Waals surface area contributed by atoms with Crippen molar-refractivity contribution in [1.29, 1.82) is 0 Å². The second-order valence-electron chi connectivity index (χ2n) is 4.99. The van der Waals surface area contributed by atoms with Crippen LogP contribution in [0, 0.1) is 5.82 Å². The highest BCUT2D eigenvalue weighted by Crippen LogP contribution is 2.27. The zero-order chi connectivity index (χ0) is 18.2. The Balaban J connectivity index is 1.92. The summed E-state index contributed by atoms with van der Waals surface area (Å²) >= 11 is 0. The van der Waals surface area contributed by atoms with Crippen LogP contribution in [0.25, 0.3) is 6.08 Å². The fourth-order valence-corrected chi connectivity index (χ4v) is 2.02. The normalized spacial score (nSPS) is 10.5. The summed E-state index contributed by atoms with van der Waals surface area (Å²) in [4.78, 5) is 23.5. The van der Waals surface area contributed by atoms with Gasteiger partial charge in [-0.25, -0.2) is 9.18 Å². The van der Waals surface area contributed by atoms with Gasteiger partial charge in [-0.1, -0.05) is 6.07 Å². The Hall–Kier alpha value is -3.15. The molecule has 0 fully saturated rings. The SMILES string of the molecule is COc1ccc(C=CC(=O)OCC(=O)c2ccc(F)cc2)cc1OC. The highest BCUT2D eigenvalue weighted by Gasteiger charge is 2.09. The van der Waals surface area contributed by atoms with E-state index in [1.165, 1.54) is 50.6 Å². The van der Waals surface area contributed by atoms with Crippen LogP contribution in [-0.2, 0) is 9.53 Å². The van der Waals surface area contributed by atoms with Crippen LogP contribution >= 0.6 is 0 Å². The van der Waals surface area contributed by atoms with Crippen molar-refractivity contribution in [2.45, 2.75) is 0 Å². The smallest absolute Gasteiger partial charge is 0.331 e. The summed E-state index contributed by atoms with van der Waals surface area (Å²) in [5.74, 6) is -0.402. The van der Waals surface area contributed by atoms with Gasteiger partial charge in [0, 0.05) is 11.6 Å². The molecular formula is C19H17FO5. The maximum Gasteiger partial charge on any atom is 0.331 e. The molecule has 0 aliphatic heterocycles. The van der Waals surface area contributed by atoms with Gasteiger partial charge in [0.05, 0.1) is 14.2 Å². The number of carbonyl (C=O) groups excluding carboxylic acids is 2. The molecule has 130 valence electrons. The van der Waals surface area contributed by atoms with Gasteiger partial charge in [-0.2, -0.15) is 0 Å². The van der Waals surface area contributed by atoms with Gasteiger partial charge >= 0.3 is 5.97 Å². The van der Waals surface area contributed by atoms with E-state index in [-0.39, 0.29) is 5.56 Å². The first kappa shape index (κ1) is 18.2. The van der Waals surface area contributed by atoms with Gasteiger partial charge in [0.1, 0.15) is 5.82 Å². The Bertz CT molecular complexity index is 781. The van der Waals surface area contributed by atoms with E-state index in [9.17, 15) is 14.0 Å². The maximum absolute atomic E-state index is 12.8. The quantitative estimate of drug-likeness (QED) is 0.438. The van der Waals surface area contributed by atoms with Crippen LogP contribution in [-0.4, -0.2) is 32.6 Å². The molecule has 2 aromatic rings. The average Bonchev–Trinajstić information content (AvgIpc) is 2.64. The molecule has 6 heteroatoms. The van der Waals surface area contributed by atoms with E-state index in [1.807, 2.05) is 0 Å². The van der Waals surface area contributed by atoms with E-state index in [4.69, 9.17) is 14.2 Å². The number of halogens is 1. The summed E-state index contributed by atoms with van der Waals surface area (Å²) in [6.07, 6.45) is 2.74. The summed E-state index contributed by atoms with van der Waals surface area (Å²) in [6, 6.07) is 10.2. The van der Waals surface area contributed by atoms with Gasteiger partial charge in [0.25, 0.3) is 0 Å². The van der Waals surface area contributed by atoms with E-state index in [2.05, 4.69) is 0 Å². The molecule has 0 spiro atoms. The van der Waals surface area contributed by atoms with Crippen LogP contribution in [0.3, 0.4) is 0 Å². The fourth-order valence-electron chi connectivity index (χ4n) is 2.02. The topological polar surface area (TPSA) is 61.8 Å². The molecule has 0 aromatic heterocycles. The molecular weight excluding hydrogens is 327 g/mol. The Morgan fingerprint density at radius 3 is 2.32 bits per heavy atom. The number of ether oxygens (including phenoxy) is 3. The molecule has 0 heterocycles. The number of carbonyl (C=O) groups is 2. The van der Waals surface area contributed by atoms with E-state index in [0.29, 0.717) is 17.1 Å². The van der Waals surface area contributed by atoms with Crippen molar-refractivity contribution >= 4 is 17.8 Å². The number of benzene rings is 2. The molecule has 0 N–H and O–H groups in total. The molecule has 2 rings (SSSR count). The number of rotatable bonds is 7. The standard InChI is InChI=1S/C19H17FO5/c1-23-17-9-3-13(11-18(17)24-2)4-10-19(22)25-12-16(21)14-5-7-15(20)8-6-14/h3-11H,12H2,1-2H3. The third kappa shape index (κ3) is 5.17. The monoisotopic (exact) mass is 344 g/mol. The van der Waals surface area contributed by atoms with Gasteiger partial charge in [-0.3, -0.25) is 4.79 Å². The largest absolute Gasteiger partial charge is 0.493 e. The first-order valence-corrected chi connectivity index (χ1v) is 7.39. The summed E-state index contributed by atoms with van der Waals surface area (Å²) in [5, 5.41) is 0. The Labute approximate surface area is 144 Å². The van der Waals surface area contributed by atoms with Crippen LogP contribution in [0.2, 0.25) is 0 Å². The van der Waals surface area contributed by atoms with E-state index < -0.39 is 24.2 Å². The maximum atomic E-state index is 12.8. The van der Waals surface area contributed by atoms with Crippen molar-refractivity contribution in [3.8, 4) is 11.5 Å².